The number of likely N-dealkylation sites (tertiary alicyclic amines) is 1. The largest absolute Gasteiger partial charge is 0.472 e. The minimum atomic E-state index is -0.0376. The maximum absolute atomic E-state index is 12.2. The van der Waals surface area contributed by atoms with Gasteiger partial charge in [0.15, 0.2) is 0 Å². The van der Waals surface area contributed by atoms with Crippen molar-refractivity contribution in [3.63, 3.8) is 0 Å². The molecule has 7 heteroatoms. The highest BCUT2D eigenvalue weighted by atomic mass is 32.1. The zero-order chi connectivity index (χ0) is 15.2. The number of aromatic nitrogens is 2. The molecule has 116 valence electrons. The van der Waals surface area contributed by atoms with E-state index < -0.39 is 0 Å². The van der Waals surface area contributed by atoms with Crippen LogP contribution in [0.15, 0.2) is 36.1 Å². The molecule has 1 saturated heterocycles. The molecule has 2 aromatic heterocycles. The third-order valence-corrected chi connectivity index (χ3v) is 4.38. The van der Waals surface area contributed by atoms with Crippen LogP contribution >= 0.6 is 11.3 Å². The predicted molar refractivity (Wildman–Crippen MR) is 83.8 cm³/mol. The summed E-state index contributed by atoms with van der Waals surface area (Å²) in [5, 5.41) is 4.96. The van der Waals surface area contributed by atoms with Crippen molar-refractivity contribution in [2.75, 3.05) is 13.1 Å². The molecule has 0 radical (unpaired) electrons. The fourth-order valence-electron chi connectivity index (χ4n) is 2.43. The maximum atomic E-state index is 12.2. The molecule has 1 aliphatic heterocycles. The molecule has 1 fully saturated rings. The van der Waals surface area contributed by atoms with Crippen LogP contribution in [-0.4, -0.2) is 40.1 Å². The molecule has 1 N–H and O–H groups in total. The van der Waals surface area contributed by atoms with Crippen LogP contribution in [0.3, 0.4) is 0 Å². The molecule has 2 aromatic rings. The first-order chi connectivity index (χ1) is 10.8. The van der Waals surface area contributed by atoms with Crippen LogP contribution in [0.1, 0.15) is 17.7 Å². The average molecular weight is 318 g/mol. The van der Waals surface area contributed by atoms with Gasteiger partial charge in [0.05, 0.1) is 13.1 Å². The summed E-state index contributed by atoms with van der Waals surface area (Å²) in [4.78, 5) is 23.1. The molecule has 0 saturated carbocycles. The van der Waals surface area contributed by atoms with Crippen LogP contribution in [0.4, 0.5) is 4.79 Å². The van der Waals surface area contributed by atoms with Gasteiger partial charge in [-0.05, 0) is 24.3 Å². The number of rotatable bonds is 4. The second-order valence-electron chi connectivity index (χ2n) is 5.11. The zero-order valence-corrected chi connectivity index (χ0v) is 13.0. The van der Waals surface area contributed by atoms with Gasteiger partial charge in [-0.25, -0.2) is 14.8 Å². The topological polar surface area (TPSA) is 67.4 Å². The van der Waals surface area contributed by atoms with Gasteiger partial charge in [0.1, 0.15) is 12.4 Å². The Labute approximate surface area is 133 Å². The van der Waals surface area contributed by atoms with E-state index >= 15 is 0 Å². The van der Waals surface area contributed by atoms with Crippen LogP contribution in [0.2, 0.25) is 0 Å². The fourth-order valence-corrected chi connectivity index (χ4v) is 3.07. The van der Waals surface area contributed by atoms with Crippen LogP contribution in [0, 0.1) is 0 Å². The van der Waals surface area contributed by atoms with Gasteiger partial charge in [0.2, 0.25) is 5.88 Å². The Hall–Kier alpha value is -2.15. The summed E-state index contributed by atoms with van der Waals surface area (Å²) in [6.45, 7) is 1.92. The molecular formula is C15H18N4O2S. The number of urea groups is 1. The van der Waals surface area contributed by atoms with E-state index in [0.29, 0.717) is 19.0 Å². The zero-order valence-electron chi connectivity index (χ0n) is 12.1. The first-order valence-electron chi connectivity index (χ1n) is 7.29. The lowest BCUT2D eigenvalue weighted by molar-refractivity contribution is 0.0976. The second-order valence-corrected chi connectivity index (χ2v) is 6.15. The first kappa shape index (κ1) is 14.8. The highest BCUT2D eigenvalue weighted by molar-refractivity contribution is 7.09. The molecule has 0 aromatic carbocycles. The molecule has 1 aliphatic rings. The summed E-state index contributed by atoms with van der Waals surface area (Å²) < 4.78 is 5.82. The molecule has 0 bridgehead atoms. The van der Waals surface area contributed by atoms with E-state index in [-0.39, 0.29) is 12.1 Å². The van der Waals surface area contributed by atoms with E-state index in [1.807, 2.05) is 22.4 Å². The second kappa shape index (κ2) is 7.22. The lowest BCUT2D eigenvalue weighted by atomic mass is 10.1. The van der Waals surface area contributed by atoms with Crippen molar-refractivity contribution in [2.24, 2.45) is 0 Å². The van der Waals surface area contributed by atoms with Crippen molar-refractivity contribution in [3.05, 3.63) is 41.0 Å². The number of hydrogen-bond acceptors (Lipinski definition) is 5. The SMILES string of the molecule is O=C(NCc1cccs1)N1CCC[C@H](Oc2ccncn2)C1. The Bertz CT molecular complexity index is 591. The van der Waals surface area contributed by atoms with E-state index in [2.05, 4.69) is 15.3 Å². The molecule has 1 atom stereocenters. The maximum Gasteiger partial charge on any atom is 0.317 e. The summed E-state index contributed by atoms with van der Waals surface area (Å²) in [6, 6.07) is 5.70. The highest BCUT2D eigenvalue weighted by Crippen LogP contribution is 2.16. The van der Waals surface area contributed by atoms with Gasteiger partial charge in [0, 0.05) is 23.7 Å². The third kappa shape index (κ3) is 3.94. The molecule has 3 heterocycles. The quantitative estimate of drug-likeness (QED) is 0.939. The monoisotopic (exact) mass is 318 g/mol. The highest BCUT2D eigenvalue weighted by Gasteiger charge is 2.25. The van der Waals surface area contributed by atoms with E-state index in [0.717, 1.165) is 24.3 Å². The van der Waals surface area contributed by atoms with Crippen LogP contribution in [0.5, 0.6) is 5.88 Å². The first-order valence-corrected chi connectivity index (χ1v) is 8.17. The number of nitrogens with zero attached hydrogens (tertiary/aromatic N) is 3. The summed E-state index contributed by atoms with van der Waals surface area (Å²) in [7, 11) is 0. The summed E-state index contributed by atoms with van der Waals surface area (Å²) in [5.74, 6) is 0.556. The van der Waals surface area contributed by atoms with Gasteiger partial charge >= 0.3 is 6.03 Å². The van der Waals surface area contributed by atoms with Crippen molar-refractivity contribution in [1.29, 1.82) is 0 Å². The van der Waals surface area contributed by atoms with Gasteiger partial charge in [-0.1, -0.05) is 6.07 Å². The summed E-state index contributed by atoms with van der Waals surface area (Å²) in [5.41, 5.74) is 0. The number of ether oxygens (including phenoxy) is 1. The Morgan fingerprint density at radius 2 is 2.45 bits per heavy atom. The number of nitrogens with one attached hydrogen (secondary N) is 1. The van der Waals surface area contributed by atoms with Crippen molar-refractivity contribution >= 4 is 17.4 Å². The number of hydrogen-bond donors (Lipinski definition) is 1. The Balaban J connectivity index is 1.50. The van der Waals surface area contributed by atoms with Crippen molar-refractivity contribution in [2.45, 2.75) is 25.5 Å². The number of amides is 2. The third-order valence-electron chi connectivity index (χ3n) is 3.50. The number of thiophene rings is 1. The number of piperidine rings is 1. The van der Waals surface area contributed by atoms with Gasteiger partial charge in [-0.2, -0.15) is 0 Å². The molecule has 0 aliphatic carbocycles. The van der Waals surface area contributed by atoms with E-state index in [1.54, 1.807) is 23.6 Å². The minimum Gasteiger partial charge on any atom is -0.472 e. The molecule has 2 amide bonds. The van der Waals surface area contributed by atoms with Gasteiger partial charge in [-0.15, -0.1) is 11.3 Å². The number of carbonyl (C=O) groups is 1. The Morgan fingerprint density at radius 3 is 3.23 bits per heavy atom. The molecule has 0 unspecified atom stereocenters. The van der Waals surface area contributed by atoms with Crippen molar-refractivity contribution in [3.8, 4) is 5.88 Å². The number of carbonyl (C=O) groups excluding carboxylic acids is 1. The van der Waals surface area contributed by atoms with Gasteiger partial charge < -0.3 is 15.0 Å². The van der Waals surface area contributed by atoms with E-state index in [1.165, 1.54) is 6.33 Å². The Kier molecular flexibility index (Phi) is 4.85. The smallest absolute Gasteiger partial charge is 0.317 e. The predicted octanol–water partition coefficient (Wildman–Crippen LogP) is 2.29. The lowest BCUT2D eigenvalue weighted by Crippen LogP contribution is -2.48. The summed E-state index contributed by atoms with van der Waals surface area (Å²) >= 11 is 1.64. The molecule has 22 heavy (non-hydrogen) atoms. The minimum absolute atomic E-state index is 0.0175. The normalized spacial score (nSPS) is 18.0. The van der Waals surface area contributed by atoms with Crippen LogP contribution in [0.25, 0.3) is 0 Å². The molecule has 6 nitrogen and oxygen atoms in total. The van der Waals surface area contributed by atoms with E-state index in [9.17, 15) is 4.79 Å². The summed E-state index contributed by atoms with van der Waals surface area (Å²) in [6.07, 6.45) is 4.96. The average Bonchev–Trinajstić information content (AvgIpc) is 3.07. The molecular weight excluding hydrogens is 300 g/mol. The van der Waals surface area contributed by atoms with Crippen LogP contribution in [-0.2, 0) is 6.54 Å². The Morgan fingerprint density at radius 1 is 1.50 bits per heavy atom. The molecule has 0 spiro atoms. The van der Waals surface area contributed by atoms with Crippen molar-refractivity contribution in [1.82, 2.24) is 20.2 Å². The fraction of sp³-hybridized carbons (Fsp3) is 0.400. The molecule has 3 rings (SSSR count). The van der Waals surface area contributed by atoms with Crippen LogP contribution < -0.4 is 10.1 Å². The van der Waals surface area contributed by atoms with E-state index in [4.69, 9.17) is 4.74 Å². The standard InChI is InChI=1S/C15H18N4O2S/c20-15(17-9-13-4-2-8-22-13)19-7-1-3-12(10-19)21-14-5-6-16-11-18-14/h2,4-6,8,11-12H,1,3,7,9-10H2,(H,17,20)/t12-/m0/s1. The lowest BCUT2D eigenvalue weighted by Gasteiger charge is -2.32. The van der Waals surface area contributed by atoms with Crippen molar-refractivity contribution < 1.29 is 9.53 Å². The van der Waals surface area contributed by atoms with Gasteiger partial charge in [-0.3, -0.25) is 0 Å². The van der Waals surface area contributed by atoms with Gasteiger partial charge in [0.25, 0.3) is 0 Å².